The summed E-state index contributed by atoms with van der Waals surface area (Å²) in [5, 5.41) is 5.40. The molecular weight excluding hydrogens is 330 g/mol. The van der Waals surface area contributed by atoms with E-state index in [1.807, 2.05) is 20.8 Å². The lowest BCUT2D eigenvalue weighted by atomic mass is 9.99. The molecule has 0 N–H and O–H groups in total. The Morgan fingerprint density at radius 1 is 1.42 bits per heavy atom. The summed E-state index contributed by atoms with van der Waals surface area (Å²) in [6.07, 6.45) is 4.89. The summed E-state index contributed by atoms with van der Waals surface area (Å²) in [6, 6.07) is 0. The number of carbonyl (C=O) groups is 1. The lowest BCUT2D eigenvalue weighted by Crippen LogP contribution is -2.49. The number of hydrogen-bond acceptors (Lipinski definition) is 5. The smallest absolute Gasteiger partial charge is 0.410 e. The number of aromatic nitrogens is 4. The van der Waals surface area contributed by atoms with E-state index in [9.17, 15) is 4.79 Å². The molecule has 1 atom stereocenters. The predicted molar refractivity (Wildman–Crippen MR) is 90.9 cm³/mol. The van der Waals surface area contributed by atoms with Crippen molar-refractivity contribution in [1.29, 1.82) is 0 Å². The van der Waals surface area contributed by atoms with Crippen molar-refractivity contribution in [3.8, 4) is 0 Å². The molecule has 0 spiro atoms. The van der Waals surface area contributed by atoms with Crippen LogP contribution >= 0.6 is 11.6 Å². The first-order valence-corrected chi connectivity index (χ1v) is 8.40. The van der Waals surface area contributed by atoms with E-state index in [2.05, 4.69) is 22.0 Å². The van der Waals surface area contributed by atoms with Crippen LogP contribution in [-0.4, -0.2) is 48.4 Å². The van der Waals surface area contributed by atoms with Crippen LogP contribution in [0.3, 0.4) is 0 Å². The third-order valence-electron chi connectivity index (χ3n) is 4.20. The molecule has 0 bridgehead atoms. The normalized spacial score (nSPS) is 21.5. The number of carbonyl (C=O) groups excluding carboxylic acids is 1. The van der Waals surface area contributed by atoms with Gasteiger partial charge in [-0.1, -0.05) is 0 Å². The van der Waals surface area contributed by atoms with Crippen molar-refractivity contribution >= 4 is 28.7 Å². The fourth-order valence-corrected chi connectivity index (χ4v) is 3.23. The van der Waals surface area contributed by atoms with Gasteiger partial charge in [-0.05, 0) is 52.1 Å². The molecule has 1 aliphatic rings. The Morgan fingerprint density at radius 2 is 2.17 bits per heavy atom. The van der Waals surface area contributed by atoms with Crippen molar-refractivity contribution in [3.05, 3.63) is 17.7 Å². The van der Waals surface area contributed by atoms with Gasteiger partial charge in [-0.25, -0.2) is 14.5 Å². The molecule has 24 heavy (non-hydrogen) atoms. The van der Waals surface area contributed by atoms with E-state index in [1.165, 1.54) is 0 Å². The standard InChI is InChI=1S/C16H22ClN5O2/c1-15(2,3)24-14(23)21-7-5-6-16(21,4)10-22-12-11(9-19-22)8-18-13(17)20-12/h8-9H,5-7,10H2,1-4H3/t16-/m0/s1. The number of likely N-dealkylation sites (tertiary alicyclic amines) is 1. The minimum atomic E-state index is -0.514. The number of nitrogens with zero attached hydrogens (tertiary/aromatic N) is 5. The summed E-state index contributed by atoms with van der Waals surface area (Å²) in [4.78, 5) is 22.6. The van der Waals surface area contributed by atoms with Crippen molar-refractivity contribution in [2.45, 2.75) is 58.2 Å². The number of halogens is 1. The van der Waals surface area contributed by atoms with Gasteiger partial charge in [-0.15, -0.1) is 0 Å². The van der Waals surface area contributed by atoms with Gasteiger partial charge in [0.1, 0.15) is 5.60 Å². The molecule has 3 rings (SSSR count). The van der Waals surface area contributed by atoms with E-state index in [0.717, 1.165) is 18.2 Å². The predicted octanol–water partition coefficient (Wildman–Crippen LogP) is 3.27. The molecule has 0 unspecified atom stereocenters. The zero-order valence-electron chi connectivity index (χ0n) is 14.4. The van der Waals surface area contributed by atoms with E-state index in [1.54, 1.807) is 22.0 Å². The second-order valence-corrected chi connectivity index (χ2v) is 7.79. The molecule has 0 aliphatic carbocycles. The van der Waals surface area contributed by atoms with Gasteiger partial charge in [0.25, 0.3) is 0 Å². The maximum absolute atomic E-state index is 12.6. The first-order chi connectivity index (χ1) is 11.2. The summed E-state index contributed by atoms with van der Waals surface area (Å²) in [6.45, 7) is 8.89. The van der Waals surface area contributed by atoms with E-state index in [0.29, 0.717) is 18.7 Å². The van der Waals surface area contributed by atoms with Gasteiger partial charge in [0, 0.05) is 12.7 Å². The van der Waals surface area contributed by atoms with Gasteiger partial charge in [0.2, 0.25) is 5.28 Å². The molecule has 1 amide bonds. The van der Waals surface area contributed by atoms with Crippen LogP contribution in [0.4, 0.5) is 4.79 Å². The number of rotatable bonds is 2. The maximum Gasteiger partial charge on any atom is 0.410 e. The Morgan fingerprint density at radius 3 is 2.88 bits per heavy atom. The van der Waals surface area contributed by atoms with Crippen molar-refractivity contribution in [2.24, 2.45) is 0 Å². The molecular formula is C16H22ClN5O2. The number of hydrogen-bond donors (Lipinski definition) is 0. The molecule has 0 radical (unpaired) electrons. The third kappa shape index (κ3) is 3.31. The van der Waals surface area contributed by atoms with E-state index < -0.39 is 5.60 Å². The van der Waals surface area contributed by atoms with Crippen molar-refractivity contribution in [1.82, 2.24) is 24.6 Å². The van der Waals surface area contributed by atoms with Crippen molar-refractivity contribution in [3.63, 3.8) is 0 Å². The van der Waals surface area contributed by atoms with E-state index in [4.69, 9.17) is 16.3 Å². The molecule has 1 aliphatic heterocycles. The minimum absolute atomic E-state index is 0.185. The second kappa shape index (κ2) is 5.88. The Balaban J connectivity index is 1.86. The van der Waals surface area contributed by atoms with Gasteiger partial charge < -0.3 is 9.64 Å². The lowest BCUT2D eigenvalue weighted by molar-refractivity contribution is 0.00762. The van der Waals surface area contributed by atoms with Crippen LogP contribution < -0.4 is 0 Å². The maximum atomic E-state index is 12.6. The molecule has 1 saturated heterocycles. The summed E-state index contributed by atoms with van der Waals surface area (Å²) in [7, 11) is 0. The van der Waals surface area contributed by atoms with Gasteiger partial charge in [-0.3, -0.25) is 0 Å². The van der Waals surface area contributed by atoms with Crippen LogP contribution in [-0.2, 0) is 11.3 Å². The molecule has 0 aromatic carbocycles. The zero-order valence-corrected chi connectivity index (χ0v) is 15.2. The average molecular weight is 352 g/mol. The largest absolute Gasteiger partial charge is 0.444 e. The topological polar surface area (TPSA) is 73.1 Å². The summed E-state index contributed by atoms with van der Waals surface area (Å²) in [5.74, 6) is 0. The van der Waals surface area contributed by atoms with Crippen molar-refractivity contribution in [2.75, 3.05) is 6.54 Å². The number of ether oxygens (including phenoxy) is 1. The van der Waals surface area contributed by atoms with Crippen molar-refractivity contribution < 1.29 is 9.53 Å². The number of amides is 1. The molecule has 2 aromatic rings. The highest BCUT2D eigenvalue weighted by molar-refractivity contribution is 6.28. The van der Waals surface area contributed by atoms with Crippen LogP contribution in [0.25, 0.3) is 11.0 Å². The Kier molecular flexibility index (Phi) is 4.15. The summed E-state index contributed by atoms with van der Waals surface area (Å²) in [5.41, 5.74) is -0.217. The van der Waals surface area contributed by atoms with Gasteiger partial charge in [-0.2, -0.15) is 10.1 Å². The Bertz CT molecular complexity index is 769. The van der Waals surface area contributed by atoms with Crippen LogP contribution in [0.15, 0.2) is 12.4 Å². The average Bonchev–Trinajstić information content (AvgIpc) is 3.01. The molecule has 8 heteroatoms. The molecule has 3 heterocycles. The SMILES string of the molecule is CC(C)(C)OC(=O)N1CCC[C@@]1(C)Cn1ncc2cnc(Cl)nc21. The van der Waals surface area contributed by atoms with E-state index >= 15 is 0 Å². The highest BCUT2D eigenvalue weighted by atomic mass is 35.5. The van der Waals surface area contributed by atoms with Crippen LogP contribution in [0.5, 0.6) is 0 Å². The van der Waals surface area contributed by atoms with Crippen LogP contribution in [0.1, 0.15) is 40.5 Å². The van der Waals surface area contributed by atoms with Crippen LogP contribution in [0, 0.1) is 0 Å². The lowest BCUT2D eigenvalue weighted by Gasteiger charge is -2.36. The minimum Gasteiger partial charge on any atom is -0.444 e. The van der Waals surface area contributed by atoms with Gasteiger partial charge in [0.05, 0.1) is 23.7 Å². The van der Waals surface area contributed by atoms with E-state index in [-0.39, 0.29) is 16.9 Å². The molecule has 2 aromatic heterocycles. The molecule has 7 nitrogen and oxygen atoms in total. The highest BCUT2D eigenvalue weighted by Gasteiger charge is 2.42. The summed E-state index contributed by atoms with van der Waals surface area (Å²) < 4.78 is 7.34. The Labute approximate surface area is 146 Å². The number of fused-ring (bicyclic) bond motifs is 1. The second-order valence-electron chi connectivity index (χ2n) is 7.45. The fourth-order valence-electron chi connectivity index (χ4n) is 3.10. The quantitative estimate of drug-likeness (QED) is 0.776. The van der Waals surface area contributed by atoms with Crippen LogP contribution in [0.2, 0.25) is 5.28 Å². The zero-order chi connectivity index (χ0) is 17.5. The fraction of sp³-hybridized carbons (Fsp3) is 0.625. The highest BCUT2D eigenvalue weighted by Crippen LogP contribution is 2.32. The molecule has 130 valence electrons. The van der Waals surface area contributed by atoms with Gasteiger partial charge in [0.15, 0.2) is 5.65 Å². The third-order valence-corrected chi connectivity index (χ3v) is 4.38. The first-order valence-electron chi connectivity index (χ1n) is 8.03. The van der Waals surface area contributed by atoms with Gasteiger partial charge >= 0.3 is 6.09 Å². The molecule has 1 fully saturated rings. The molecule has 0 saturated carbocycles. The summed E-state index contributed by atoms with van der Waals surface area (Å²) >= 11 is 5.90. The Hall–Kier alpha value is -1.89. The first kappa shape index (κ1) is 17.0. The monoisotopic (exact) mass is 351 g/mol.